The van der Waals surface area contributed by atoms with Gasteiger partial charge in [0, 0.05) is 24.7 Å². The maximum absolute atomic E-state index is 12.9. The first-order valence-corrected chi connectivity index (χ1v) is 7.98. The highest BCUT2D eigenvalue weighted by molar-refractivity contribution is 5.85. The zero-order valence-corrected chi connectivity index (χ0v) is 15.9. The van der Waals surface area contributed by atoms with Gasteiger partial charge in [-0.25, -0.2) is 9.37 Å². The molecule has 1 unspecified atom stereocenters. The molecule has 1 saturated heterocycles. The third kappa shape index (κ3) is 5.83. The van der Waals surface area contributed by atoms with Gasteiger partial charge >= 0.3 is 0 Å². The molecule has 1 aromatic carbocycles. The van der Waals surface area contributed by atoms with Crippen LogP contribution in [-0.4, -0.2) is 24.0 Å². The van der Waals surface area contributed by atoms with E-state index in [9.17, 15) is 9.18 Å². The Morgan fingerprint density at radius 3 is 2.62 bits per heavy atom. The molecule has 1 aliphatic rings. The molecule has 0 aliphatic carbocycles. The Hall–Kier alpha value is -1.89. The fourth-order valence-corrected chi connectivity index (χ4v) is 2.47. The number of aromatic nitrogens is 1. The van der Waals surface area contributed by atoms with Crippen LogP contribution in [0.15, 0.2) is 42.6 Å². The molecular weight excluding hydrogens is 380 g/mol. The Balaban J connectivity index is 0.00000169. The van der Waals surface area contributed by atoms with Crippen molar-refractivity contribution in [1.29, 1.82) is 0 Å². The van der Waals surface area contributed by atoms with Crippen LogP contribution >= 0.6 is 24.8 Å². The van der Waals surface area contributed by atoms with E-state index in [4.69, 9.17) is 4.74 Å². The maximum atomic E-state index is 12.9. The van der Waals surface area contributed by atoms with E-state index in [1.807, 2.05) is 13.0 Å². The van der Waals surface area contributed by atoms with Gasteiger partial charge in [0.15, 0.2) is 0 Å². The monoisotopic (exact) mass is 401 g/mol. The molecule has 1 amide bonds. The first kappa shape index (κ1) is 22.2. The predicted octanol–water partition coefficient (Wildman–Crippen LogP) is 3.33. The number of rotatable bonds is 6. The van der Waals surface area contributed by atoms with E-state index in [0.717, 1.165) is 18.7 Å². The minimum absolute atomic E-state index is 0. The lowest BCUT2D eigenvalue weighted by atomic mass is 9.88. The summed E-state index contributed by atoms with van der Waals surface area (Å²) in [7, 11) is 0. The fraction of sp³-hybridized carbons (Fsp3) is 0.333. The van der Waals surface area contributed by atoms with Crippen molar-refractivity contribution in [3.63, 3.8) is 0 Å². The average Bonchev–Trinajstić information content (AvgIpc) is 2.53. The van der Waals surface area contributed by atoms with Crippen LogP contribution in [0.4, 0.5) is 4.39 Å². The molecule has 142 valence electrons. The Morgan fingerprint density at radius 2 is 2.00 bits per heavy atom. The number of hydrogen-bond donors (Lipinski definition) is 2. The van der Waals surface area contributed by atoms with Gasteiger partial charge in [-0.2, -0.15) is 0 Å². The first-order chi connectivity index (χ1) is 11.6. The van der Waals surface area contributed by atoms with Crippen molar-refractivity contribution in [3.05, 3.63) is 54.0 Å². The summed E-state index contributed by atoms with van der Waals surface area (Å²) in [6, 6.07) is 9.33. The molecule has 2 N–H and O–H groups in total. The summed E-state index contributed by atoms with van der Waals surface area (Å²) in [6.07, 6.45) is 1.62. The second-order valence-electron chi connectivity index (χ2n) is 5.98. The van der Waals surface area contributed by atoms with Gasteiger partial charge in [-0.15, -0.1) is 24.8 Å². The molecule has 5 nitrogen and oxygen atoms in total. The number of hydrogen-bond acceptors (Lipinski definition) is 4. The molecule has 1 aromatic heterocycles. The third-order valence-electron chi connectivity index (χ3n) is 4.24. The first-order valence-electron chi connectivity index (χ1n) is 7.98. The molecule has 0 saturated carbocycles. The van der Waals surface area contributed by atoms with E-state index in [2.05, 4.69) is 15.6 Å². The van der Waals surface area contributed by atoms with Crippen LogP contribution in [0.2, 0.25) is 0 Å². The Kier molecular flexibility index (Phi) is 8.78. The fourth-order valence-electron chi connectivity index (χ4n) is 2.47. The molecule has 0 bridgehead atoms. The minimum Gasteiger partial charge on any atom is -0.439 e. The van der Waals surface area contributed by atoms with Crippen LogP contribution in [0.25, 0.3) is 0 Å². The Morgan fingerprint density at radius 1 is 1.31 bits per heavy atom. The summed E-state index contributed by atoms with van der Waals surface area (Å²) >= 11 is 0. The van der Waals surface area contributed by atoms with Gasteiger partial charge in [-0.3, -0.25) is 4.79 Å². The largest absolute Gasteiger partial charge is 0.439 e. The lowest BCUT2D eigenvalue weighted by Crippen LogP contribution is -2.49. The average molecular weight is 402 g/mol. The van der Waals surface area contributed by atoms with Gasteiger partial charge in [0.1, 0.15) is 11.6 Å². The third-order valence-corrected chi connectivity index (χ3v) is 4.24. The van der Waals surface area contributed by atoms with Crippen molar-refractivity contribution >= 4 is 30.7 Å². The standard InChI is InChI=1S/C18H20FN3O2.2ClH/c1-12(14-10-20-11-14)18(23)22-9-13-6-7-21-17(8-13)24-16-4-2-15(19)3-5-16;;/h2-8,12,14,20H,9-11H2,1H3,(H,22,23);2*1H. The molecule has 2 heterocycles. The molecule has 1 aliphatic heterocycles. The van der Waals surface area contributed by atoms with E-state index in [-0.39, 0.29) is 42.5 Å². The van der Waals surface area contributed by atoms with Crippen LogP contribution in [0.5, 0.6) is 11.6 Å². The summed E-state index contributed by atoms with van der Waals surface area (Å²) in [5.74, 6) is 1.07. The zero-order chi connectivity index (χ0) is 16.9. The van der Waals surface area contributed by atoms with E-state index >= 15 is 0 Å². The van der Waals surface area contributed by atoms with E-state index in [1.165, 1.54) is 12.1 Å². The van der Waals surface area contributed by atoms with Crippen LogP contribution in [0.1, 0.15) is 12.5 Å². The maximum Gasteiger partial charge on any atom is 0.223 e. The van der Waals surface area contributed by atoms with Crippen molar-refractivity contribution in [2.75, 3.05) is 13.1 Å². The lowest BCUT2D eigenvalue weighted by molar-refractivity contribution is -0.126. The number of ether oxygens (including phenoxy) is 1. The molecule has 26 heavy (non-hydrogen) atoms. The van der Waals surface area contributed by atoms with Crippen molar-refractivity contribution < 1.29 is 13.9 Å². The van der Waals surface area contributed by atoms with E-state index in [1.54, 1.807) is 24.4 Å². The Bertz CT molecular complexity index is 712. The summed E-state index contributed by atoms with van der Waals surface area (Å²) < 4.78 is 18.5. The second kappa shape index (κ2) is 10.3. The number of carbonyl (C=O) groups is 1. The number of amides is 1. The summed E-state index contributed by atoms with van der Waals surface area (Å²) in [5.41, 5.74) is 0.898. The highest BCUT2D eigenvalue weighted by atomic mass is 35.5. The topological polar surface area (TPSA) is 63.2 Å². The van der Waals surface area contributed by atoms with Crippen LogP contribution in [0.3, 0.4) is 0 Å². The highest BCUT2D eigenvalue weighted by Crippen LogP contribution is 2.20. The Labute approximate surface area is 164 Å². The van der Waals surface area contributed by atoms with Gasteiger partial charge in [0.2, 0.25) is 11.8 Å². The van der Waals surface area contributed by atoms with Crippen molar-refractivity contribution in [2.45, 2.75) is 13.5 Å². The van der Waals surface area contributed by atoms with Gasteiger partial charge in [0.25, 0.3) is 0 Å². The normalized spacial score (nSPS) is 14.2. The molecule has 0 spiro atoms. The second-order valence-corrected chi connectivity index (χ2v) is 5.98. The summed E-state index contributed by atoms with van der Waals surface area (Å²) in [4.78, 5) is 16.3. The molecule has 1 atom stereocenters. The zero-order valence-electron chi connectivity index (χ0n) is 14.3. The molecule has 1 fully saturated rings. The minimum atomic E-state index is -0.317. The van der Waals surface area contributed by atoms with Gasteiger partial charge in [-0.05, 0) is 54.9 Å². The van der Waals surface area contributed by atoms with Crippen LogP contribution in [-0.2, 0) is 11.3 Å². The molecule has 3 rings (SSSR count). The molecular formula is C18H22Cl2FN3O2. The number of nitrogens with one attached hydrogen (secondary N) is 2. The van der Waals surface area contributed by atoms with Crippen molar-refractivity contribution in [2.24, 2.45) is 11.8 Å². The van der Waals surface area contributed by atoms with Crippen LogP contribution in [0, 0.1) is 17.7 Å². The number of halogens is 3. The van der Waals surface area contributed by atoms with E-state index < -0.39 is 0 Å². The van der Waals surface area contributed by atoms with Crippen molar-refractivity contribution in [3.8, 4) is 11.6 Å². The lowest BCUT2D eigenvalue weighted by Gasteiger charge is -2.31. The smallest absolute Gasteiger partial charge is 0.223 e. The number of benzene rings is 1. The highest BCUT2D eigenvalue weighted by Gasteiger charge is 2.28. The van der Waals surface area contributed by atoms with E-state index in [0.29, 0.717) is 24.1 Å². The molecule has 2 aromatic rings. The van der Waals surface area contributed by atoms with Crippen LogP contribution < -0.4 is 15.4 Å². The summed E-state index contributed by atoms with van der Waals surface area (Å²) in [6.45, 7) is 4.18. The number of carbonyl (C=O) groups excluding carboxylic acids is 1. The predicted molar refractivity (Wildman–Crippen MR) is 103 cm³/mol. The van der Waals surface area contributed by atoms with Gasteiger partial charge in [-0.1, -0.05) is 6.92 Å². The number of pyridine rings is 1. The van der Waals surface area contributed by atoms with Crippen molar-refractivity contribution in [1.82, 2.24) is 15.6 Å². The van der Waals surface area contributed by atoms with Gasteiger partial charge in [0.05, 0.1) is 0 Å². The van der Waals surface area contributed by atoms with Gasteiger partial charge < -0.3 is 15.4 Å². The summed E-state index contributed by atoms with van der Waals surface area (Å²) in [5, 5.41) is 6.12. The quantitative estimate of drug-likeness (QED) is 0.778. The number of nitrogens with zero attached hydrogens (tertiary/aromatic N) is 1. The molecule has 0 radical (unpaired) electrons. The molecule has 8 heteroatoms. The SMILES string of the molecule is CC(C(=O)NCc1ccnc(Oc2ccc(F)cc2)c1)C1CNC1.Cl.Cl.